The summed E-state index contributed by atoms with van der Waals surface area (Å²) in [5.41, 5.74) is 0.108. The predicted octanol–water partition coefficient (Wildman–Crippen LogP) is 1.61. The molecule has 0 amide bonds. The van der Waals surface area contributed by atoms with Crippen LogP contribution in [0.4, 0.5) is 11.4 Å². The third kappa shape index (κ3) is 4.33. The number of benzene rings is 1. The molecule has 0 spiro atoms. The van der Waals surface area contributed by atoms with Gasteiger partial charge in [0.2, 0.25) is 0 Å². The van der Waals surface area contributed by atoms with Crippen molar-refractivity contribution in [2.24, 2.45) is 0 Å². The molecule has 0 unspecified atom stereocenters. The minimum atomic E-state index is -0.607. The van der Waals surface area contributed by atoms with E-state index < -0.39 is 10.9 Å². The first-order valence-electron chi connectivity index (χ1n) is 7.44. The average molecular weight is 340 g/mol. The van der Waals surface area contributed by atoms with Crippen molar-refractivity contribution in [2.45, 2.75) is 12.5 Å². The molecule has 2 rings (SSSR count). The summed E-state index contributed by atoms with van der Waals surface area (Å²) in [5.74, 6) is -0.624. The van der Waals surface area contributed by atoms with Crippen LogP contribution in [0.3, 0.4) is 0 Å². The molecule has 0 saturated carbocycles. The van der Waals surface area contributed by atoms with Crippen LogP contribution < -0.4 is 10.1 Å². The van der Waals surface area contributed by atoms with Gasteiger partial charge in [0.25, 0.3) is 0 Å². The largest absolute Gasteiger partial charge is 0.484 e. The van der Waals surface area contributed by atoms with Gasteiger partial charge in [-0.2, -0.15) is 0 Å². The molecular weight excluding hydrogens is 320 g/mol. The van der Waals surface area contributed by atoms with Crippen LogP contribution >= 0.6 is 0 Å². The molecule has 24 heavy (non-hydrogen) atoms. The van der Waals surface area contributed by atoms with Crippen molar-refractivity contribution in [3.8, 4) is 5.75 Å². The van der Waals surface area contributed by atoms with E-state index in [1.165, 1.54) is 26.4 Å². The molecule has 0 aliphatic carbocycles. The van der Waals surface area contributed by atoms with Crippen LogP contribution in [0.1, 0.15) is 16.8 Å². The number of methoxy groups -OCH3 is 2. The molecule has 1 N–H and O–H groups in total. The molecule has 1 heterocycles. The SMILES string of the molecule is COCCOc1cc(C(=O)OC)cc(NC[C@@H]2CCO2)c1[N+](=O)[O-]. The standard InChI is InChI=1S/C15H20N2O7/c1-21-5-6-24-13-8-10(15(18)22-2)7-12(14(13)17(19)20)16-9-11-3-4-23-11/h7-8,11,16H,3-6,9H2,1-2H3/t11-/m0/s1. The van der Waals surface area contributed by atoms with Crippen LogP contribution in [0.25, 0.3) is 0 Å². The van der Waals surface area contributed by atoms with Gasteiger partial charge in [-0.15, -0.1) is 0 Å². The van der Waals surface area contributed by atoms with Crippen LogP contribution in [0, 0.1) is 10.1 Å². The van der Waals surface area contributed by atoms with E-state index in [0.29, 0.717) is 13.2 Å². The normalized spacial score (nSPS) is 16.2. The summed E-state index contributed by atoms with van der Waals surface area (Å²) in [6.07, 6.45) is 0.888. The van der Waals surface area contributed by atoms with E-state index in [2.05, 4.69) is 10.1 Å². The molecule has 132 valence electrons. The summed E-state index contributed by atoms with van der Waals surface area (Å²) in [7, 11) is 2.73. The van der Waals surface area contributed by atoms with Gasteiger partial charge in [-0.05, 0) is 12.5 Å². The van der Waals surface area contributed by atoms with E-state index in [9.17, 15) is 14.9 Å². The molecule has 1 aromatic rings. The van der Waals surface area contributed by atoms with Crippen LogP contribution in [-0.4, -0.2) is 57.6 Å². The van der Waals surface area contributed by atoms with Crippen molar-refractivity contribution < 1.29 is 28.7 Å². The van der Waals surface area contributed by atoms with Crippen molar-refractivity contribution in [1.82, 2.24) is 0 Å². The summed E-state index contributed by atoms with van der Waals surface area (Å²) in [6, 6.07) is 2.68. The van der Waals surface area contributed by atoms with Crippen LogP contribution in [-0.2, 0) is 14.2 Å². The number of nitrogens with one attached hydrogen (secondary N) is 1. The number of hydrogen-bond donors (Lipinski definition) is 1. The zero-order valence-electron chi connectivity index (χ0n) is 13.6. The Balaban J connectivity index is 2.32. The van der Waals surface area contributed by atoms with Crippen LogP contribution in [0.5, 0.6) is 5.75 Å². The maximum atomic E-state index is 11.8. The fraction of sp³-hybridized carbons (Fsp3) is 0.533. The smallest absolute Gasteiger partial charge is 0.338 e. The first-order valence-corrected chi connectivity index (χ1v) is 7.44. The summed E-state index contributed by atoms with van der Waals surface area (Å²) < 4.78 is 20.3. The van der Waals surface area contributed by atoms with Gasteiger partial charge in [-0.3, -0.25) is 10.1 Å². The quantitative estimate of drug-likeness (QED) is 0.312. The lowest BCUT2D eigenvalue weighted by Gasteiger charge is -2.27. The minimum Gasteiger partial charge on any atom is -0.484 e. The highest BCUT2D eigenvalue weighted by Crippen LogP contribution is 2.37. The van der Waals surface area contributed by atoms with E-state index in [-0.39, 0.29) is 42.0 Å². The Bertz CT molecular complexity index is 602. The number of esters is 1. The average Bonchev–Trinajstić information content (AvgIpc) is 2.52. The maximum absolute atomic E-state index is 11.8. The number of rotatable bonds is 9. The van der Waals surface area contributed by atoms with E-state index >= 15 is 0 Å². The molecule has 0 bridgehead atoms. The molecule has 1 atom stereocenters. The third-order valence-electron chi connectivity index (χ3n) is 3.54. The van der Waals surface area contributed by atoms with Crippen molar-refractivity contribution in [3.05, 3.63) is 27.8 Å². The maximum Gasteiger partial charge on any atom is 0.338 e. The fourth-order valence-corrected chi connectivity index (χ4v) is 2.18. The predicted molar refractivity (Wildman–Crippen MR) is 84.7 cm³/mol. The summed E-state index contributed by atoms with van der Waals surface area (Å²) in [6.45, 7) is 1.47. The van der Waals surface area contributed by atoms with Crippen molar-refractivity contribution in [2.75, 3.05) is 45.9 Å². The number of nitro groups is 1. The molecule has 1 aromatic carbocycles. The minimum absolute atomic E-state index is 0.00393. The summed E-state index contributed by atoms with van der Waals surface area (Å²) in [4.78, 5) is 22.7. The molecule has 1 fully saturated rings. The summed E-state index contributed by atoms with van der Waals surface area (Å²) >= 11 is 0. The Morgan fingerprint density at radius 3 is 2.71 bits per heavy atom. The zero-order valence-corrected chi connectivity index (χ0v) is 13.6. The van der Waals surface area contributed by atoms with Gasteiger partial charge < -0.3 is 24.3 Å². The van der Waals surface area contributed by atoms with E-state index in [0.717, 1.165) is 6.42 Å². The fourth-order valence-electron chi connectivity index (χ4n) is 2.18. The van der Waals surface area contributed by atoms with Gasteiger partial charge in [-0.25, -0.2) is 4.79 Å². The van der Waals surface area contributed by atoms with Crippen molar-refractivity contribution in [1.29, 1.82) is 0 Å². The molecule has 1 saturated heterocycles. The Kier molecular flexibility index (Phi) is 6.33. The highest BCUT2D eigenvalue weighted by molar-refractivity contribution is 5.93. The topological polar surface area (TPSA) is 109 Å². The number of nitro benzene ring substituents is 1. The molecule has 9 heteroatoms. The monoisotopic (exact) mass is 340 g/mol. The first kappa shape index (κ1) is 18.0. The zero-order chi connectivity index (χ0) is 17.5. The lowest BCUT2D eigenvalue weighted by molar-refractivity contribution is -0.385. The number of hydrogen-bond acceptors (Lipinski definition) is 8. The van der Waals surface area contributed by atoms with Gasteiger partial charge >= 0.3 is 11.7 Å². The van der Waals surface area contributed by atoms with Crippen LogP contribution in [0.15, 0.2) is 12.1 Å². The molecule has 0 radical (unpaired) electrons. The number of anilines is 1. The van der Waals surface area contributed by atoms with Crippen molar-refractivity contribution >= 4 is 17.3 Å². The van der Waals surface area contributed by atoms with Crippen LogP contribution in [0.2, 0.25) is 0 Å². The molecule has 1 aliphatic rings. The number of carbonyl (C=O) groups is 1. The van der Waals surface area contributed by atoms with Gasteiger partial charge in [-0.1, -0.05) is 0 Å². The van der Waals surface area contributed by atoms with Gasteiger partial charge in [0.15, 0.2) is 5.75 Å². The van der Waals surface area contributed by atoms with Gasteiger partial charge in [0.1, 0.15) is 12.3 Å². The second-order valence-electron chi connectivity index (χ2n) is 5.12. The van der Waals surface area contributed by atoms with Gasteiger partial charge in [0, 0.05) is 26.3 Å². The Labute approximate surface area is 139 Å². The van der Waals surface area contributed by atoms with E-state index in [1.54, 1.807) is 0 Å². The molecular formula is C15H20N2O7. The first-order chi connectivity index (χ1) is 11.6. The Hall–Kier alpha value is -2.39. The molecule has 1 aliphatic heterocycles. The Morgan fingerprint density at radius 2 is 2.17 bits per heavy atom. The Morgan fingerprint density at radius 1 is 1.42 bits per heavy atom. The molecule has 9 nitrogen and oxygen atoms in total. The summed E-state index contributed by atoms with van der Waals surface area (Å²) in [5, 5.41) is 14.4. The lowest BCUT2D eigenvalue weighted by atomic mass is 10.1. The number of carbonyl (C=O) groups excluding carboxylic acids is 1. The number of ether oxygens (including phenoxy) is 4. The second-order valence-corrected chi connectivity index (χ2v) is 5.12. The van der Waals surface area contributed by atoms with Crippen molar-refractivity contribution in [3.63, 3.8) is 0 Å². The van der Waals surface area contributed by atoms with Gasteiger partial charge in [0.05, 0.1) is 30.3 Å². The number of nitrogens with zero attached hydrogens (tertiary/aromatic N) is 1. The lowest BCUT2D eigenvalue weighted by Crippen LogP contribution is -2.33. The third-order valence-corrected chi connectivity index (χ3v) is 3.54. The second kappa shape index (κ2) is 8.46. The highest BCUT2D eigenvalue weighted by Gasteiger charge is 2.26. The van der Waals surface area contributed by atoms with E-state index in [4.69, 9.17) is 14.2 Å². The van der Waals surface area contributed by atoms with E-state index in [1.807, 2.05) is 0 Å². The highest BCUT2D eigenvalue weighted by atomic mass is 16.6. The molecule has 0 aromatic heterocycles.